The van der Waals surface area contributed by atoms with Gasteiger partial charge in [0.15, 0.2) is 0 Å². The summed E-state index contributed by atoms with van der Waals surface area (Å²) >= 11 is 0. The standard InChI is InChI=1S/C11H20N6/c1-8(2)4-15-11(17-12)16-7-10-6-13-9(3)5-14-10/h5-6,8H,4,7,12H2,1-3H3,(H2,15,16,17). The molecule has 0 bridgehead atoms. The van der Waals surface area contributed by atoms with Gasteiger partial charge in [-0.05, 0) is 12.8 Å². The van der Waals surface area contributed by atoms with E-state index >= 15 is 0 Å². The zero-order valence-corrected chi connectivity index (χ0v) is 10.6. The first kappa shape index (κ1) is 13.4. The van der Waals surface area contributed by atoms with Crippen molar-refractivity contribution in [2.45, 2.75) is 27.3 Å². The van der Waals surface area contributed by atoms with Crippen molar-refractivity contribution in [3.05, 3.63) is 23.8 Å². The van der Waals surface area contributed by atoms with Gasteiger partial charge in [-0.3, -0.25) is 15.4 Å². The number of nitrogens with two attached hydrogens (primary N) is 1. The molecule has 0 amide bonds. The Morgan fingerprint density at radius 3 is 2.71 bits per heavy atom. The Kier molecular flexibility index (Phi) is 5.35. The number of hydrogen-bond donors (Lipinski definition) is 3. The maximum absolute atomic E-state index is 5.37. The van der Waals surface area contributed by atoms with Crippen molar-refractivity contribution >= 4 is 5.96 Å². The zero-order valence-electron chi connectivity index (χ0n) is 10.6. The van der Waals surface area contributed by atoms with Gasteiger partial charge in [-0.1, -0.05) is 13.8 Å². The zero-order chi connectivity index (χ0) is 12.7. The van der Waals surface area contributed by atoms with Crippen molar-refractivity contribution in [3.63, 3.8) is 0 Å². The Labute approximate surface area is 102 Å². The summed E-state index contributed by atoms with van der Waals surface area (Å²) in [6.45, 7) is 7.41. The number of hydrazine groups is 1. The van der Waals surface area contributed by atoms with Gasteiger partial charge in [-0.25, -0.2) is 10.8 Å². The van der Waals surface area contributed by atoms with Crippen molar-refractivity contribution in [2.75, 3.05) is 6.54 Å². The number of aliphatic imine (C=N–C) groups is 1. The Balaban J connectivity index is 2.51. The lowest BCUT2D eigenvalue weighted by Gasteiger charge is -2.10. The van der Waals surface area contributed by atoms with E-state index in [9.17, 15) is 0 Å². The normalized spacial score (nSPS) is 11.7. The van der Waals surface area contributed by atoms with Gasteiger partial charge in [-0.2, -0.15) is 0 Å². The second-order valence-corrected chi connectivity index (χ2v) is 4.23. The Morgan fingerprint density at radius 2 is 2.18 bits per heavy atom. The summed E-state index contributed by atoms with van der Waals surface area (Å²) in [7, 11) is 0. The van der Waals surface area contributed by atoms with Crippen LogP contribution in [0.4, 0.5) is 0 Å². The average molecular weight is 236 g/mol. The molecule has 0 unspecified atom stereocenters. The SMILES string of the molecule is Cc1cnc(CN=C(NN)NCC(C)C)cn1. The molecule has 17 heavy (non-hydrogen) atoms. The fourth-order valence-corrected chi connectivity index (χ4v) is 1.11. The monoisotopic (exact) mass is 236 g/mol. The highest BCUT2D eigenvalue weighted by atomic mass is 15.3. The van der Waals surface area contributed by atoms with Crippen molar-refractivity contribution in [1.29, 1.82) is 0 Å². The Morgan fingerprint density at radius 1 is 1.41 bits per heavy atom. The maximum Gasteiger partial charge on any atom is 0.206 e. The molecule has 0 spiro atoms. The van der Waals surface area contributed by atoms with E-state index in [1.165, 1.54) is 0 Å². The van der Waals surface area contributed by atoms with E-state index in [2.05, 4.69) is 39.6 Å². The summed E-state index contributed by atoms with van der Waals surface area (Å²) in [5.74, 6) is 6.47. The predicted molar refractivity (Wildman–Crippen MR) is 68.1 cm³/mol. The molecule has 0 saturated heterocycles. The van der Waals surface area contributed by atoms with Crippen molar-refractivity contribution < 1.29 is 0 Å². The quantitative estimate of drug-likeness (QED) is 0.304. The van der Waals surface area contributed by atoms with Crippen LogP contribution in [0.3, 0.4) is 0 Å². The van der Waals surface area contributed by atoms with Crippen LogP contribution in [0.2, 0.25) is 0 Å². The summed E-state index contributed by atoms with van der Waals surface area (Å²) < 4.78 is 0. The second kappa shape index (κ2) is 6.80. The van der Waals surface area contributed by atoms with E-state index in [1.807, 2.05) is 6.92 Å². The molecule has 0 fully saturated rings. The van der Waals surface area contributed by atoms with E-state index < -0.39 is 0 Å². The third-order valence-corrected chi connectivity index (χ3v) is 2.05. The third kappa shape index (κ3) is 5.26. The second-order valence-electron chi connectivity index (χ2n) is 4.23. The van der Waals surface area contributed by atoms with Crippen LogP contribution in [0.5, 0.6) is 0 Å². The van der Waals surface area contributed by atoms with Crippen LogP contribution in [-0.4, -0.2) is 22.5 Å². The molecule has 0 aliphatic heterocycles. The minimum Gasteiger partial charge on any atom is -0.355 e. The molecule has 0 saturated carbocycles. The number of rotatable bonds is 4. The number of hydrogen-bond acceptors (Lipinski definition) is 4. The van der Waals surface area contributed by atoms with Gasteiger partial charge >= 0.3 is 0 Å². The Hall–Kier alpha value is -1.69. The molecule has 6 nitrogen and oxygen atoms in total. The van der Waals surface area contributed by atoms with Gasteiger partial charge in [0, 0.05) is 12.7 Å². The minimum absolute atomic E-state index is 0.456. The maximum atomic E-state index is 5.37. The van der Waals surface area contributed by atoms with Gasteiger partial charge in [0.1, 0.15) is 0 Å². The lowest BCUT2D eigenvalue weighted by atomic mass is 10.2. The highest BCUT2D eigenvalue weighted by molar-refractivity contribution is 5.79. The largest absolute Gasteiger partial charge is 0.355 e. The fraction of sp³-hybridized carbons (Fsp3) is 0.545. The van der Waals surface area contributed by atoms with Crippen LogP contribution in [0.15, 0.2) is 17.4 Å². The molecule has 0 aliphatic carbocycles. The summed E-state index contributed by atoms with van der Waals surface area (Å²) in [4.78, 5) is 12.6. The number of nitrogens with zero attached hydrogens (tertiary/aromatic N) is 3. The molecular formula is C11H20N6. The van der Waals surface area contributed by atoms with Crippen LogP contribution in [0.1, 0.15) is 25.2 Å². The Bertz CT molecular complexity index is 357. The van der Waals surface area contributed by atoms with Gasteiger partial charge < -0.3 is 5.32 Å². The summed E-state index contributed by atoms with van der Waals surface area (Å²) in [6.07, 6.45) is 3.44. The van der Waals surface area contributed by atoms with Crippen LogP contribution >= 0.6 is 0 Å². The van der Waals surface area contributed by atoms with Crippen LogP contribution < -0.4 is 16.6 Å². The molecule has 1 aromatic rings. The lowest BCUT2D eigenvalue weighted by Crippen LogP contribution is -2.43. The molecule has 1 heterocycles. The number of aryl methyl sites for hydroxylation is 1. The topological polar surface area (TPSA) is 88.2 Å². The van der Waals surface area contributed by atoms with E-state index in [0.29, 0.717) is 18.4 Å². The van der Waals surface area contributed by atoms with E-state index in [0.717, 1.165) is 17.9 Å². The molecule has 1 aromatic heterocycles. The molecule has 94 valence electrons. The molecule has 6 heteroatoms. The fourth-order valence-electron chi connectivity index (χ4n) is 1.11. The molecule has 0 atom stereocenters. The predicted octanol–water partition coefficient (Wildman–Crippen LogP) is 0.350. The smallest absolute Gasteiger partial charge is 0.206 e. The van der Waals surface area contributed by atoms with E-state index in [4.69, 9.17) is 5.84 Å². The minimum atomic E-state index is 0.456. The van der Waals surface area contributed by atoms with Gasteiger partial charge in [-0.15, -0.1) is 0 Å². The van der Waals surface area contributed by atoms with Gasteiger partial charge in [0.25, 0.3) is 0 Å². The molecule has 0 aromatic carbocycles. The van der Waals surface area contributed by atoms with Crippen LogP contribution in [-0.2, 0) is 6.54 Å². The molecule has 0 radical (unpaired) electrons. The third-order valence-electron chi connectivity index (χ3n) is 2.05. The van der Waals surface area contributed by atoms with E-state index in [-0.39, 0.29) is 0 Å². The number of guanidine groups is 1. The summed E-state index contributed by atoms with van der Waals surface area (Å²) in [5, 5.41) is 3.12. The van der Waals surface area contributed by atoms with Crippen molar-refractivity contribution in [3.8, 4) is 0 Å². The molecular weight excluding hydrogens is 216 g/mol. The van der Waals surface area contributed by atoms with Crippen LogP contribution in [0.25, 0.3) is 0 Å². The highest BCUT2D eigenvalue weighted by Crippen LogP contribution is 1.96. The number of nitrogens with one attached hydrogen (secondary N) is 2. The summed E-state index contributed by atoms with van der Waals surface area (Å²) in [5.41, 5.74) is 4.24. The van der Waals surface area contributed by atoms with Crippen molar-refractivity contribution in [2.24, 2.45) is 16.8 Å². The highest BCUT2D eigenvalue weighted by Gasteiger charge is 1.99. The van der Waals surface area contributed by atoms with Gasteiger partial charge in [0.2, 0.25) is 5.96 Å². The average Bonchev–Trinajstić information content (AvgIpc) is 2.31. The molecule has 4 N–H and O–H groups in total. The first-order valence-corrected chi connectivity index (χ1v) is 5.64. The first-order valence-electron chi connectivity index (χ1n) is 5.64. The number of aromatic nitrogens is 2. The van der Waals surface area contributed by atoms with E-state index in [1.54, 1.807) is 12.4 Å². The van der Waals surface area contributed by atoms with Gasteiger partial charge in [0.05, 0.1) is 24.1 Å². The lowest BCUT2D eigenvalue weighted by molar-refractivity contribution is 0.615. The summed E-state index contributed by atoms with van der Waals surface area (Å²) in [6, 6.07) is 0. The molecule has 1 rings (SSSR count). The van der Waals surface area contributed by atoms with Crippen molar-refractivity contribution in [1.82, 2.24) is 20.7 Å². The molecule has 0 aliphatic rings. The van der Waals surface area contributed by atoms with Crippen LogP contribution in [0, 0.1) is 12.8 Å². The first-order chi connectivity index (χ1) is 8.11.